The predicted molar refractivity (Wildman–Crippen MR) is 244 cm³/mol. The van der Waals surface area contributed by atoms with Gasteiger partial charge in [-0.25, -0.2) is 0 Å². The minimum Gasteiger partial charge on any atom is -0.309 e. The minimum absolute atomic E-state index is 0.0807. The normalized spacial score (nSPS) is 13.6. The summed E-state index contributed by atoms with van der Waals surface area (Å²) in [6.45, 7) is 0. The fourth-order valence-corrected chi connectivity index (χ4v) is 9.84. The van der Waals surface area contributed by atoms with Crippen molar-refractivity contribution in [3.63, 3.8) is 0 Å². The van der Waals surface area contributed by atoms with E-state index in [1.807, 2.05) is 91.0 Å². The summed E-state index contributed by atoms with van der Waals surface area (Å²) >= 11 is 1.77. The molecule has 57 heavy (non-hydrogen) atoms. The van der Waals surface area contributed by atoms with Gasteiger partial charge in [-0.05, 0) is 88.4 Å². The smallest absolute Gasteiger partial charge is 0.0645 e. The lowest BCUT2D eigenvalue weighted by molar-refractivity contribution is 1.18. The zero-order valence-corrected chi connectivity index (χ0v) is 31.2. The van der Waals surface area contributed by atoms with Crippen molar-refractivity contribution in [2.75, 3.05) is 0 Å². The molecule has 3 aromatic heterocycles. The van der Waals surface area contributed by atoms with Crippen LogP contribution in [0.15, 0.2) is 206 Å². The number of fused-ring (bicyclic) bond motifs is 9. The molecule has 0 atom stereocenters. The van der Waals surface area contributed by atoms with E-state index in [0.717, 1.165) is 55.1 Å². The standard InChI is InChI=1S/C54H34N2S/c1-3-15-35(16-4-1)39-19-7-10-23-45(39)55-46-24-11-8-20-41(46)43-33-37(29-31-47(43)55)38-30-32-48-44(34-38)53-40(36-17-5-2-6-18-36)22-13-25-49(53)56(48)50-26-14-28-52-54(50)42-21-9-12-27-51(42)57-52/h1-34H/i8D,11D,20D,24D,29D,31D,33D. The Labute approximate surface area is 343 Å². The molecule has 12 rings (SSSR count). The minimum atomic E-state index is -0.425. The van der Waals surface area contributed by atoms with Crippen LogP contribution in [0.5, 0.6) is 0 Å². The average molecular weight is 750 g/mol. The molecule has 12 aromatic rings. The molecular weight excluding hydrogens is 709 g/mol. The van der Waals surface area contributed by atoms with E-state index in [0.29, 0.717) is 11.3 Å². The Morgan fingerprint density at radius 3 is 1.91 bits per heavy atom. The van der Waals surface area contributed by atoms with Gasteiger partial charge in [0, 0.05) is 47.3 Å². The Balaban J connectivity index is 1.19. The van der Waals surface area contributed by atoms with Crippen LogP contribution in [-0.4, -0.2) is 9.13 Å². The van der Waals surface area contributed by atoms with Gasteiger partial charge in [0.2, 0.25) is 0 Å². The Bertz CT molecular complexity index is 3930. The zero-order chi connectivity index (χ0) is 43.5. The van der Waals surface area contributed by atoms with E-state index in [9.17, 15) is 6.85 Å². The second-order valence-electron chi connectivity index (χ2n) is 14.3. The second-order valence-corrected chi connectivity index (χ2v) is 15.4. The first-order valence-corrected chi connectivity index (χ1v) is 19.8. The van der Waals surface area contributed by atoms with Crippen LogP contribution in [0.2, 0.25) is 0 Å². The number of hydrogen-bond acceptors (Lipinski definition) is 1. The zero-order valence-electron chi connectivity index (χ0n) is 37.4. The van der Waals surface area contributed by atoms with Crippen molar-refractivity contribution in [2.24, 2.45) is 0 Å². The molecule has 0 unspecified atom stereocenters. The van der Waals surface area contributed by atoms with Crippen molar-refractivity contribution in [1.82, 2.24) is 9.13 Å². The van der Waals surface area contributed by atoms with Crippen LogP contribution >= 0.6 is 11.3 Å². The molecule has 2 nitrogen and oxygen atoms in total. The maximum absolute atomic E-state index is 10.0. The van der Waals surface area contributed by atoms with Gasteiger partial charge in [-0.15, -0.1) is 11.3 Å². The average Bonchev–Trinajstić information content (AvgIpc) is 4.01. The third-order valence-electron chi connectivity index (χ3n) is 11.2. The highest BCUT2D eigenvalue weighted by Crippen LogP contribution is 2.45. The van der Waals surface area contributed by atoms with Crippen molar-refractivity contribution in [1.29, 1.82) is 0 Å². The van der Waals surface area contributed by atoms with E-state index in [1.165, 1.54) is 14.8 Å². The maximum atomic E-state index is 10.0. The van der Waals surface area contributed by atoms with Crippen LogP contribution in [0.25, 0.3) is 109 Å². The van der Waals surface area contributed by atoms with Crippen molar-refractivity contribution < 1.29 is 9.60 Å². The lowest BCUT2D eigenvalue weighted by Gasteiger charge is -2.14. The lowest BCUT2D eigenvalue weighted by Crippen LogP contribution is -1.97. The molecule has 0 spiro atoms. The number of thiophene rings is 1. The van der Waals surface area contributed by atoms with E-state index in [4.69, 9.17) is 2.74 Å². The highest BCUT2D eigenvalue weighted by Gasteiger charge is 2.21. The van der Waals surface area contributed by atoms with Gasteiger partial charge >= 0.3 is 0 Å². The number of rotatable bonds is 5. The Kier molecular flexibility index (Phi) is 5.74. The lowest BCUT2D eigenvalue weighted by atomic mass is 9.97. The molecule has 0 aliphatic rings. The summed E-state index contributed by atoms with van der Waals surface area (Å²) < 4.78 is 72.1. The molecular formula is C54H34N2S. The predicted octanol–water partition coefficient (Wildman–Crippen LogP) is 15.2. The molecule has 0 bridgehead atoms. The fraction of sp³-hybridized carbons (Fsp3) is 0. The van der Waals surface area contributed by atoms with Crippen LogP contribution in [0.1, 0.15) is 9.60 Å². The first-order chi connectivity index (χ1) is 31.2. The van der Waals surface area contributed by atoms with Crippen LogP contribution in [0.4, 0.5) is 0 Å². The van der Waals surface area contributed by atoms with E-state index < -0.39 is 12.1 Å². The van der Waals surface area contributed by atoms with Gasteiger partial charge < -0.3 is 9.13 Å². The van der Waals surface area contributed by atoms with E-state index in [-0.39, 0.29) is 57.6 Å². The molecule has 0 saturated heterocycles. The number of benzene rings is 9. The first-order valence-electron chi connectivity index (χ1n) is 22.5. The molecule has 0 aliphatic carbocycles. The van der Waals surface area contributed by atoms with Gasteiger partial charge in [0.15, 0.2) is 0 Å². The summed E-state index contributed by atoms with van der Waals surface area (Å²) in [5.41, 5.74) is 8.42. The summed E-state index contributed by atoms with van der Waals surface area (Å²) in [5.74, 6) is 0. The number of nitrogens with zero attached hydrogens (tertiary/aromatic N) is 2. The summed E-state index contributed by atoms with van der Waals surface area (Å²) in [4.78, 5) is 0. The molecule has 0 aliphatic heterocycles. The van der Waals surface area contributed by atoms with Crippen LogP contribution < -0.4 is 0 Å². The number of aromatic nitrogens is 2. The molecule has 9 aromatic carbocycles. The quantitative estimate of drug-likeness (QED) is 0.166. The molecule has 266 valence electrons. The molecule has 0 amide bonds. The van der Waals surface area contributed by atoms with Gasteiger partial charge in [-0.1, -0.05) is 145 Å². The van der Waals surface area contributed by atoms with Gasteiger partial charge in [0.25, 0.3) is 0 Å². The van der Waals surface area contributed by atoms with Crippen molar-refractivity contribution in [3.8, 4) is 44.8 Å². The Hall–Kier alpha value is -7.20. The molecule has 0 N–H and O–H groups in total. The first kappa shape index (κ1) is 25.8. The fourth-order valence-electron chi connectivity index (χ4n) is 8.72. The number of para-hydroxylation sites is 2. The summed E-state index contributed by atoms with van der Waals surface area (Å²) in [5, 5.41) is 4.61. The molecule has 0 fully saturated rings. The maximum Gasteiger partial charge on any atom is 0.0645 e. The van der Waals surface area contributed by atoms with Crippen LogP contribution in [0.3, 0.4) is 0 Å². The summed E-state index contributed by atoms with van der Waals surface area (Å²) in [6.07, 6.45) is 0. The van der Waals surface area contributed by atoms with Crippen molar-refractivity contribution >= 4 is 75.1 Å². The highest BCUT2D eigenvalue weighted by molar-refractivity contribution is 7.25. The molecule has 3 heterocycles. The SMILES string of the molecule is [2H]c1c([2H])c([2H])c2c(c1[2H])c1c([2H])c(-c3ccc4c(c3)c3c(-c5ccccc5)cccc3n4-c3cccc4sc5ccccc5c34)c([2H])c([2H])c1n2-c1ccccc1-c1ccccc1. The third-order valence-corrected chi connectivity index (χ3v) is 12.3. The second kappa shape index (κ2) is 12.7. The monoisotopic (exact) mass is 749 g/mol. The van der Waals surface area contributed by atoms with Crippen molar-refractivity contribution in [3.05, 3.63) is 206 Å². The number of hydrogen-bond donors (Lipinski definition) is 0. The van der Waals surface area contributed by atoms with Gasteiger partial charge in [-0.3, -0.25) is 0 Å². The van der Waals surface area contributed by atoms with Gasteiger partial charge in [0.05, 0.1) is 43.0 Å². The van der Waals surface area contributed by atoms with E-state index in [2.05, 4.69) is 77.4 Å². The summed E-state index contributed by atoms with van der Waals surface area (Å²) in [6, 6.07) is 53.0. The molecule has 0 radical (unpaired) electrons. The van der Waals surface area contributed by atoms with Crippen molar-refractivity contribution in [2.45, 2.75) is 0 Å². The summed E-state index contributed by atoms with van der Waals surface area (Å²) in [7, 11) is 0. The van der Waals surface area contributed by atoms with E-state index >= 15 is 0 Å². The Morgan fingerprint density at radius 1 is 0.368 bits per heavy atom. The van der Waals surface area contributed by atoms with Gasteiger partial charge in [-0.2, -0.15) is 0 Å². The Morgan fingerprint density at radius 2 is 1.04 bits per heavy atom. The third kappa shape index (κ3) is 4.89. The molecule has 3 heteroatoms. The molecule has 0 saturated carbocycles. The van der Waals surface area contributed by atoms with Gasteiger partial charge in [0.1, 0.15) is 0 Å². The topological polar surface area (TPSA) is 9.86 Å². The largest absolute Gasteiger partial charge is 0.309 e. The highest BCUT2D eigenvalue weighted by atomic mass is 32.1. The van der Waals surface area contributed by atoms with E-state index in [1.54, 1.807) is 15.9 Å². The van der Waals surface area contributed by atoms with Crippen LogP contribution in [-0.2, 0) is 0 Å². The van der Waals surface area contributed by atoms with Crippen LogP contribution in [0, 0.1) is 0 Å².